The Bertz CT molecular complexity index is 3480. The molecule has 3 fully saturated rings. The van der Waals surface area contributed by atoms with Crippen LogP contribution in [0.15, 0.2) is 30.3 Å². The highest BCUT2D eigenvalue weighted by Crippen LogP contribution is 2.32. The van der Waals surface area contributed by atoms with Gasteiger partial charge in [0.2, 0.25) is 41.4 Å². The van der Waals surface area contributed by atoms with Gasteiger partial charge in [0, 0.05) is 122 Å². The maximum atomic E-state index is 13.9. The first-order chi connectivity index (χ1) is 63.4. The fourth-order valence-corrected chi connectivity index (χ4v) is 12.8. The van der Waals surface area contributed by atoms with Crippen molar-refractivity contribution in [2.24, 2.45) is 0 Å². The number of carbonyl (C=O) groups is 17. The minimum Gasteiger partial charge on any atom is -0.463 e. The molecule has 0 radical (unpaired) electrons. The molecule has 50 nitrogen and oxygen atoms in total. The lowest BCUT2D eigenvalue weighted by Crippen LogP contribution is -2.66. The summed E-state index contributed by atoms with van der Waals surface area (Å²) in [6.45, 7) is 9.67. The van der Waals surface area contributed by atoms with Crippen LogP contribution in [0.4, 0.5) is 4.79 Å². The lowest BCUT2D eigenvalue weighted by molar-refractivity contribution is -0.279. The van der Waals surface area contributed by atoms with Crippen molar-refractivity contribution < 1.29 is 200 Å². The molecule has 0 aromatic heterocycles. The van der Waals surface area contributed by atoms with Crippen molar-refractivity contribution in [3.63, 3.8) is 0 Å². The van der Waals surface area contributed by atoms with Crippen LogP contribution < -0.4 is 42.5 Å². The number of benzene rings is 1. The number of alkyl carbamates (subject to hydrolysis) is 1. The second-order valence-electron chi connectivity index (χ2n) is 29.6. The van der Waals surface area contributed by atoms with Gasteiger partial charge in [0.15, 0.2) is 55.5 Å². The van der Waals surface area contributed by atoms with Crippen molar-refractivity contribution in [2.75, 3.05) is 185 Å². The van der Waals surface area contributed by atoms with Crippen LogP contribution in [0.3, 0.4) is 0 Å². The summed E-state index contributed by atoms with van der Waals surface area (Å²) in [6, 6.07) is 5.15. The van der Waals surface area contributed by atoms with E-state index in [-0.39, 0.29) is 164 Å². The van der Waals surface area contributed by atoms with Gasteiger partial charge in [0.1, 0.15) is 74.9 Å². The molecular weight excluding hydrogens is 1780 g/mol. The molecule has 1 aromatic rings. The Morgan fingerprint density at radius 1 is 0.301 bits per heavy atom. The monoisotopic (exact) mass is 1910 g/mol. The fraction of sp³-hybridized carbons (Fsp3) is 0.723. The number of hydrogen-bond acceptors (Lipinski definition) is 42. The molecule has 6 unspecified atom stereocenters. The molecule has 0 bridgehead atoms. The maximum Gasteiger partial charge on any atom is 0.407 e. The molecule has 0 spiro atoms. The number of hydrogen-bond donors (Lipinski definition) is 8. The number of rotatable bonds is 65. The summed E-state index contributed by atoms with van der Waals surface area (Å²) in [5, 5.41) is 21.1. The Kier molecular flexibility index (Phi) is 56.2. The minimum absolute atomic E-state index is 0.0347. The fourth-order valence-electron chi connectivity index (χ4n) is 12.8. The summed E-state index contributed by atoms with van der Waals surface area (Å²) in [5.74, 6) is -10.6. The second kappa shape index (κ2) is 65.1. The molecule has 3 heterocycles. The summed E-state index contributed by atoms with van der Waals surface area (Å²) in [4.78, 5) is 212. The van der Waals surface area contributed by atoms with E-state index in [1.54, 1.807) is 30.3 Å². The van der Waals surface area contributed by atoms with E-state index in [9.17, 15) is 81.5 Å². The van der Waals surface area contributed by atoms with Gasteiger partial charge in [-0.2, -0.15) is 0 Å². The Balaban J connectivity index is 1.35. The summed E-state index contributed by atoms with van der Waals surface area (Å²) in [6.07, 6.45) is -17.0. The molecule has 4 rings (SSSR count). The van der Waals surface area contributed by atoms with Gasteiger partial charge in [0.25, 0.3) is 0 Å². The van der Waals surface area contributed by atoms with Gasteiger partial charge >= 0.3 is 59.8 Å². The summed E-state index contributed by atoms with van der Waals surface area (Å²) in [7, 11) is 0. The third-order valence-corrected chi connectivity index (χ3v) is 18.1. The van der Waals surface area contributed by atoms with Crippen LogP contribution in [-0.2, 0) is 202 Å². The lowest BCUT2D eigenvalue weighted by Gasteiger charge is -2.44. The molecule has 0 saturated carbocycles. The Labute approximate surface area is 767 Å². The average Bonchev–Trinajstić information content (AvgIpc) is 0.794. The molecule has 3 aliphatic heterocycles. The van der Waals surface area contributed by atoms with Gasteiger partial charge in [-0.15, -0.1) is 0 Å². The molecule has 1 aromatic carbocycles. The van der Waals surface area contributed by atoms with Crippen molar-refractivity contribution in [1.29, 1.82) is 0 Å². The van der Waals surface area contributed by atoms with Gasteiger partial charge in [-0.3, -0.25) is 76.7 Å². The van der Waals surface area contributed by atoms with E-state index in [1.807, 2.05) is 0 Å². The van der Waals surface area contributed by atoms with Gasteiger partial charge in [-0.1, -0.05) is 30.3 Å². The minimum atomic E-state index is -1.65. The molecule has 3 aliphatic rings. The smallest absolute Gasteiger partial charge is 0.407 e. The van der Waals surface area contributed by atoms with E-state index >= 15 is 0 Å². The zero-order valence-corrected chi connectivity index (χ0v) is 76.8. The quantitative estimate of drug-likeness (QED) is 0.0178. The third-order valence-electron chi connectivity index (χ3n) is 18.1. The van der Waals surface area contributed by atoms with Crippen LogP contribution in [0.2, 0.25) is 0 Å². The highest BCUT2D eigenvalue weighted by molar-refractivity contribution is 5.83. The molecule has 752 valence electrons. The number of amides is 8. The van der Waals surface area contributed by atoms with Crippen molar-refractivity contribution in [3.05, 3.63) is 35.9 Å². The van der Waals surface area contributed by atoms with E-state index in [2.05, 4.69) is 42.5 Å². The third kappa shape index (κ3) is 49.8. The van der Waals surface area contributed by atoms with Crippen LogP contribution in [0.1, 0.15) is 108 Å². The Hall–Kier alpha value is -10.6. The number of ether oxygens (including phenoxy) is 25. The predicted octanol–water partition coefficient (Wildman–Crippen LogP) is -3.55. The van der Waals surface area contributed by atoms with Crippen LogP contribution in [0.25, 0.3) is 0 Å². The summed E-state index contributed by atoms with van der Waals surface area (Å²) < 4.78 is 141. The number of nitrogens with one attached hydrogen (secondary N) is 8. The maximum absolute atomic E-state index is 13.9. The SMILES string of the molecule is CC(=O)NC1[C@H](OCCOCCOCCNC(=O)CCOCC(COCCC(=O)NCCOCCOCCO[C@@H]2OC(COC(C)=O)[C@H](OC(C)=O)[C@H](OC(C)=O)C2NC(C)=O)(COCCC(=O)NCCOCCOCCO[C@@H]2OC(COC(C)=O)[C@H](OC(C)=O)[C@H](OC(C)=O)C2NC(C)=O)NC(=O)CNC(=O)OCc2ccccc2)OC(COC(C)=O)[C@H](OC(C)=O)[C@@H]1OC(C)=O. The van der Waals surface area contributed by atoms with Crippen LogP contribution in [0.5, 0.6) is 0 Å². The lowest BCUT2D eigenvalue weighted by atomic mass is 9.96. The van der Waals surface area contributed by atoms with Crippen molar-refractivity contribution in [1.82, 2.24) is 42.5 Å². The van der Waals surface area contributed by atoms with E-state index in [1.165, 1.54) is 20.8 Å². The van der Waals surface area contributed by atoms with Gasteiger partial charge in [0.05, 0.1) is 139 Å². The molecule has 15 atom stereocenters. The Morgan fingerprint density at radius 3 is 0.857 bits per heavy atom. The number of carbonyl (C=O) groups excluding carboxylic acids is 17. The predicted molar refractivity (Wildman–Crippen MR) is 446 cm³/mol. The highest BCUT2D eigenvalue weighted by atomic mass is 16.7. The first kappa shape index (κ1) is 115. The van der Waals surface area contributed by atoms with Crippen LogP contribution >= 0.6 is 0 Å². The van der Waals surface area contributed by atoms with Gasteiger partial charge in [-0.05, 0) is 5.56 Å². The van der Waals surface area contributed by atoms with Crippen LogP contribution in [-0.4, -0.2) is 383 Å². The average molecular weight is 1910 g/mol. The summed E-state index contributed by atoms with van der Waals surface area (Å²) in [5.41, 5.74) is -0.990. The standard InChI is InChI=1S/C83H128N8O42/c1-50(92)88-70-76(128-59(10)101)73(125-56(7)98)63(44-121-53(4)95)131-79(70)118-39-36-112-33-30-109-27-21-84-66(104)18-24-115-47-83(91-69(107)42-87-82(108)124-43-62-16-14-13-15-17-62,48-116-25-19-67(105)85-22-28-110-31-34-113-37-40-119-80-71(89-51(2)93)77(129-60(11)102)74(126-57(8)99)64(132-80)45-122-54(5)96)49-117-26-20-68(106)86-23-29-111-32-35-114-38-41-120-81-72(90-52(3)94)78(130-61(12)103)75(127-58(9)100)65(133-81)46-123-55(6)97/h13-17,63-65,70-81H,18-49H2,1-12H3,(H,84,104)(H,85,105)(H,86,106)(H,87,108)(H,88,92)(H,89,93)(H,90,94)(H,91,107)/t63?,64?,65?,70?,71?,72?,73-,74-,75-,76+,77+,78+,79+,80+,81+,83?/m0/s1. The molecule has 0 aliphatic carbocycles. The van der Waals surface area contributed by atoms with Crippen molar-refractivity contribution in [2.45, 2.75) is 206 Å². The van der Waals surface area contributed by atoms with Crippen molar-refractivity contribution in [3.8, 4) is 0 Å². The number of esters is 9. The van der Waals surface area contributed by atoms with Gasteiger partial charge in [-0.25, -0.2) is 4.79 Å². The molecular formula is C83H128N8O42. The highest BCUT2D eigenvalue weighted by Gasteiger charge is 2.55. The van der Waals surface area contributed by atoms with Crippen molar-refractivity contribution >= 4 is 101 Å². The van der Waals surface area contributed by atoms with E-state index < -0.39 is 245 Å². The first-order valence-electron chi connectivity index (χ1n) is 42.8. The normalized spacial score (nSPS) is 21.8. The molecule has 8 amide bonds. The molecule has 50 heteroatoms. The largest absolute Gasteiger partial charge is 0.463 e. The summed E-state index contributed by atoms with van der Waals surface area (Å²) >= 11 is 0. The molecule has 3 saturated heterocycles. The topological polar surface area (TPSA) is 617 Å². The second-order valence-corrected chi connectivity index (χ2v) is 29.6. The first-order valence-corrected chi connectivity index (χ1v) is 42.8. The van der Waals surface area contributed by atoms with Gasteiger partial charge < -0.3 is 161 Å². The van der Waals surface area contributed by atoms with E-state index in [4.69, 9.17) is 118 Å². The van der Waals surface area contributed by atoms with E-state index in [0.29, 0.717) is 5.56 Å². The van der Waals surface area contributed by atoms with Crippen LogP contribution in [0, 0.1) is 0 Å². The van der Waals surface area contributed by atoms with E-state index in [0.717, 1.165) is 62.3 Å². The zero-order chi connectivity index (χ0) is 98.1. The molecule has 8 N–H and O–H groups in total. The molecule has 133 heavy (non-hydrogen) atoms. The Morgan fingerprint density at radius 2 is 0.579 bits per heavy atom. The zero-order valence-electron chi connectivity index (χ0n) is 76.8.